The SMILES string of the molecule is Cc1cccc(-n2nc(-c3ccc(F)cc3)cc2C(=O)N(CCN(C)C)Cc2ccccc2)c1. The van der Waals surface area contributed by atoms with Crippen LogP contribution in [0.3, 0.4) is 0 Å². The minimum atomic E-state index is -0.309. The van der Waals surface area contributed by atoms with Gasteiger partial charge in [-0.05, 0) is 74.6 Å². The molecule has 1 aromatic heterocycles. The van der Waals surface area contributed by atoms with Crippen LogP contribution in [0.4, 0.5) is 4.39 Å². The quantitative estimate of drug-likeness (QED) is 0.366. The molecule has 34 heavy (non-hydrogen) atoms. The minimum Gasteiger partial charge on any atom is -0.332 e. The molecule has 0 spiro atoms. The van der Waals surface area contributed by atoms with Crippen molar-refractivity contribution < 1.29 is 9.18 Å². The van der Waals surface area contributed by atoms with E-state index in [0.717, 1.165) is 28.9 Å². The largest absolute Gasteiger partial charge is 0.332 e. The molecule has 0 atom stereocenters. The van der Waals surface area contributed by atoms with E-state index in [1.807, 2.05) is 80.5 Å². The third-order valence-corrected chi connectivity index (χ3v) is 5.64. The topological polar surface area (TPSA) is 41.4 Å². The number of hydrogen-bond donors (Lipinski definition) is 0. The number of rotatable bonds is 8. The second kappa shape index (κ2) is 10.4. The summed E-state index contributed by atoms with van der Waals surface area (Å²) in [6.07, 6.45) is 0. The molecule has 0 aliphatic heterocycles. The van der Waals surface area contributed by atoms with E-state index in [-0.39, 0.29) is 11.7 Å². The van der Waals surface area contributed by atoms with Gasteiger partial charge >= 0.3 is 0 Å². The van der Waals surface area contributed by atoms with Crippen molar-refractivity contribution in [2.75, 3.05) is 27.2 Å². The number of aryl methyl sites for hydroxylation is 1. The molecule has 174 valence electrons. The Morgan fingerprint density at radius 3 is 2.32 bits per heavy atom. The second-order valence-corrected chi connectivity index (χ2v) is 8.69. The predicted octanol–water partition coefficient (Wildman–Crippen LogP) is 5.19. The standard InChI is InChI=1S/C28H29FN4O/c1-21-8-7-11-25(18-21)33-27(19-26(30-33)23-12-14-24(29)15-13-23)28(34)32(17-16-31(2)3)20-22-9-5-4-6-10-22/h4-15,18-19H,16-17,20H2,1-3H3. The number of nitrogens with zero attached hydrogens (tertiary/aromatic N) is 4. The zero-order chi connectivity index (χ0) is 24.1. The average molecular weight is 457 g/mol. The monoisotopic (exact) mass is 456 g/mol. The summed E-state index contributed by atoms with van der Waals surface area (Å²) >= 11 is 0. The van der Waals surface area contributed by atoms with Crippen LogP contribution in [-0.4, -0.2) is 52.7 Å². The molecule has 6 heteroatoms. The van der Waals surface area contributed by atoms with Gasteiger partial charge in [-0.25, -0.2) is 9.07 Å². The van der Waals surface area contributed by atoms with Gasteiger partial charge in [0.1, 0.15) is 11.5 Å². The summed E-state index contributed by atoms with van der Waals surface area (Å²) in [5, 5.41) is 4.76. The highest BCUT2D eigenvalue weighted by Crippen LogP contribution is 2.24. The highest BCUT2D eigenvalue weighted by molar-refractivity contribution is 5.94. The fourth-order valence-corrected chi connectivity index (χ4v) is 3.79. The number of likely N-dealkylation sites (N-methyl/N-ethyl adjacent to an activating group) is 1. The Morgan fingerprint density at radius 2 is 1.65 bits per heavy atom. The summed E-state index contributed by atoms with van der Waals surface area (Å²) in [5.74, 6) is -0.413. The number of benzene rings is 3. The molecule has 0 unspecified atom stereocenters. The molecular formula is C28H29FN4O. The van der Waals surface area contributed by atoms with Crippen molar-refractivity contribution in [3.8, 4) is 16.9 Å². The van der Waals surface area contributed by atoms with Crippen molar-refractivity contribution in [1.29, 1.82) is 0 Å². The summed E-state index contributed by atoms with van der Waals surface area (Å²) < 4.78 is 15.2. The molecule has 3 aromatic carbocycles. The van der Waals surface area contributed by atoms with Gasteiger partial charge in [0.05, 0.1) is 11.4 Å². The van der Waals surface area contributed by atoms with Crippen LogP contribution < -0.4 is 0 Å². The van der Waals surface area contributed by atoms with E-state index >= 15 is 0 Å². The van der Waals surface area contributed by atoms with E-state index in [0.29, 0.717) is 24.5 Å². The zero-order valence-corrected chi connectivity index (χ0v) is 19.8. The van der Waals surface area contributed by atoms with Crippen LogP contribution >= 0.6 is 0 Å². The first-order valence-electron chi connectivity index (χ1n) is 11.3. The van der Waals surface area contributed by atoms with Crippen molar-refractivity contribution in [3.05, 3.63) is 108 Å². The van der Waals surface area contributed by atoms with Gasteiger partial charge < -0.3 is 9.80 Å². The first-order chi connectivity index (χ1) is 16.4. The first kappa shape index (κ1) is 23.4. The Bertz CT molecular complexity index is 1250. The zero-order valence-electron chi connectivity index (χ0n) is 19.8. The van der Waals surface area contributed by atoms with Crippen LogP contribution in [0.2, 0.25) is 0 Å². The molecule has 4 aromatic rings. The second-order valence-electron chi connectivity index (χ2n) is 8.69. The fourth-order valence-electron chi connectivity index (χ4n) is 3.79. The molecule has 0 N–H and O–H groups in total. The number of aromatic nitrogens is 2. The molecule has 1 heterocycles. The molecule has 0 radical (unpaired) electrons. The third-order valence-electron chi connectivity index (χ3n) is 5.64. The number of halogens is 1. The lowest BCUT2D eigenvalue weighted by molar-refractivity contribution is 0.0722. The molecule has 0 bridgehead atoms. The van der Waals surface area contributed by atoms with Crippen molar-refractivity contribution in [3.63, 3.8) is 0 Å². The summed E-state index contributed by atoms with van der Waals surface area (Å²) in [6.45, 7) is 3.82. The molecular weight excluding hydrogens is 427 g/mol. The van der Waals surface area contributed by atoms with Gasteiger partial charge in [-0.2, -0.15) is 5.10 Å². The van der Waals surface area contributed by atoms with Gasteiger partial charge in [-0.3, -0.25) is 4.79 Å². The van der Waals surface area contributed by atoms with Gasteiger partial charge in [0, 0.05) is 25.2 Å². The van der Waals surface area contributed by atoms with Crippen molar-refractivity contribution in [1.82, 2.24) is 19.6 Å². The Hall–Kier alpha value is -3.77. The Labute approximate surface area is 200 Å². The molecule has 4 rings (SSSR count). The van der Waals surface area contributed by atoms with Crippen LogP contribution in [0, 0.1) is 12.7 Å². The molecule has 1 amide bonds. The van der Waals surface area contributed by atoms with Crippen LogP contribution in [0.25, 0.3) is 16.9 Å². The van der Waals surface area contributed by atoms with E-state index < -0.39 is 0 Å². The fraction of sp³-hybridized carbons (Fsp3) is 0.214. The molecule has 0 aliphatic carbocycles. The number of hydrogen-bond acceptors (Lipinski definition) is 3. The van der Waals surface area contributed by atoms with Crippen LogP contribution in [0.15, 0.2) is 84.9 Å². The molecule has 0 aliphatic rings. The lowest BCUT2D eigenvalue weighted by Crippen LogP contribution is -2.37. The van der Waals surface area contributed by atoms with E-state index in [1.165, 1.54) is 12.1 Å². The summed E-state index contributed by atoms with van der Waals surface area (Å²) in [5.41, 5.74) is 4.80. The third kappa shape index (κ3) is 5.58. The van der Waals surface area contributed by atoms with Gasteiger partial charge in [0.15, 0.2) is 0 Å². The Kier molecular flexibility index (Phi) is 7.18. The maximum atomic E-state index is 13.9. The van der Waals surface area contributed by atoms with Crippen LogP contribution in [0.5, 0.6) is 0 Å². The summed E-state index contributed by atoms with van der Waals surface area (Å²) in [4.78, 5) is 17.8. The predicted molar refractivity (Wildman–Crippen MR) is 133 cm³/mol. The maximum Gasteiger partial charge on any atom is 0.272 e. The lowest BCUT2D eigenvalue weighted by Gasteiger charge is -2.25. The van der Waals surface area contributed by atoms with Crippen LogP contribution in [-0.2, 0) is 6.54 Å². The Morgan fingerprint density at radius 1 is 0.912 bits per heavy atom. The maximum absolute atomic E-state index is 13.9. The highest BCUT2D eigenvalue weighted by Gasteiger charge is 2.23. The average Bonchev–Trinajstić information content (AvgIpc) is 3.28. The van der Waals surface area contributed by atoms with Crippen LogP contribution in [0.1, 0.15) is 21.6 Å². The highest BCUT2D eigenvalue weighted by atomic mass is 19.1. The smallest absolute Gasteiger partial charge is 0.272 e. The van der Waals surface area contributed by atoms with Crippen molar-refractivity contribution >= 4 is 5.91 Å². The number of carbonyl (C=O) groups excluding carboxylic acids is 1. The van der Waals surface area contributed by atoms with Gasteiger partial charge in [-0.15, -0.1) is 0 Å². The minimum absolute atomic E-state index is 0.104. The summed E-state index contributed by atoms with van der Waals surface area (Å²) in [6, 6.07) is 25.8. The normalized spacial score (nSPS) is 11.1. The van der Waals surface area contributed by atoms with E-state index in [1.54, 1.807) is 22.9 Å². The molecule has 0 saturated heterocycles. The van der Waals surface area contributed by atoms with Crippen molar-refractivity contribution in [2.24, 2.45) is 0 Å². The lowest BCUT2D eigenvalue weighted by atomic mass is 10.1. The number of amides is 1. The molecule has 5 nitrogen and oxygen atoms in total. The summed E-state index contributed by atoms with van der Waals surface area (Å²) in [7, 11) is 3.99. The van der Waals surface area contributed by atoms with E-state index in [4.69, 9.17) is 5.10 Å². The van der Waals surface area contributed by atoms with Gasteiger partial charge in [-0.1, -0.05) is 42.5 Å². The molecule has 0 fully saturated rings. The van der Waals surface area contributed by atoms with Crippen molar-refractivity contribution in [2.45, 2.75) is 13.5 Å². The van der Waals surface area contributed by atoms with Gasteiger partial charge in [0.2, 0.25) is 0 Å². The van der Waals surface area contributed by atoms with E-state index in [2.05, 4.69) is 4.90 Å². The first-order valence-corrected chi connectivity index (χ1v) is 11.3. The van der Waals surface area contributed by atoms with E-state index in [9.17, 15) is 9.18 Å². The Balaban J connectivity index is 1.77. The number of carbonyl (C=O) groups is 1. The molecule has 0 saturated carbocycles. The van der Waals surface area contributed by atoms with Gasteiger partial charge in [0.25, 0.3) is 5.91 Å².